The molecule has 0 spiro atoms. The fraction of sp³-hybridized carbons (Fsp3) is 0.261. The summed E-state index contributed by atoms with van der Waals surface area (Å²) in [6, 6.07) is 11.7. The van der Waals surface area contributed by atoms with Crippen molar-refractivity contribution in [3.8, 4) is 16.9 Å². The first-order chi connectivity index (χ1) is 15.0. The molecular weight excluding hydrogens is 392 g/mol. The van der Waals surface area contributed by atoms with Crippen LogP contribution in [0, 0.1) is 0 Å². The van der Waals surface area contributed by atoms with E-state index in [2.05, 4.69) is 20.2 Å². The van der Waals surface area contributed by atoms with Gasteiger partial charge in [0, 0.05) is 43.2 Å². The Morgan fingerprint density at radius 2 is 2.00 bits per heavy atom. The molecule has 1 N–H and O–H groups in total. The zero-order valence-corrected chi connectivity index (χ0v) is 17.9. The molecule has 0 bridgehead atoms. The fourth-order valence-corrected chi connectivity index (χ4v) is 3.46. The first-order valence-electron chi connectivity index (χ1n) is 10.1. The predicted octanol–water partition coefficient (Wildman–Crippen LogP) is 2.94. The van der Waals surface area contributed by atoms with Gasteiger partial charge in [-0.25, -0.2) is 4.52 Å². The number of rotatable bonds is 8. The molecule has 0 saturated carbocycles. The average molecular weight is 419 g/mol. The summed E-state index contributed by atoms with van der Waals surface area (Å²) in [6.45, 7) is 1.86. The number of aromatic amines is 1. The Balaban J connectivity index is 1.63. The Morgan fingerprint density at radius 1 is 1.13 bits per heavy atom. The molecule has 8 heteroatoms. The quantitative estimate of drug-likeness (QED) is 0.476. The molecular formula is C23H26N6O2. The molecule has 160 valence electrons. The predicted molar refractivity (Wildman–Crippen MR) is 119 cm³/mol. The van der Waals surface area contributed by atoms with Crippen LogP contribution in [0.4, 0.5) is 0 Å². The van der Waals surface area contributed by atoms with Crippen LogP contribution in [-0.2, 0) is 6.54 Å². The Bertz CT molecular complexity index is 1170. The van der Waals surface area contributed by atoms with E-state index in [1.807, 2.05) is 67.8 Å². The number of carbonyl (C=O) groups excluding carboxylic acids is 1. The second-order valence-corrected chi connectivity index (χ2v) is 7.67. The van der Waals surface area contributed by atoms with Gasteiger partial charge in [0.15, 0.2) is 0 Å². The van der Waals surface area contributed by atoms with Crippen LogP contribution in [-0.4, -0.2) is 69.8 Å². The number of hydrogen-bond donors (Lipinski definition) is 1. The number of likely N-dealkylation sites (N-methyl/N-ethyl adjacent to an activating group) is 1. The van der Waals surface area contributed by atoms with E-state index in [9.17, 15) is 4.79 Å². The molecule has 0 unspecified atom stereocenters. The topological polar surface area (TPSA) is 78.8 Å². The van der Waals surface area contributed by atoms with Crippen molar-refractivity contribution in [2.75, 3.05) is 34.3 Å². The molecule has 1 aromatic carbocycles. The zero-order valence-electron chi connectivity index (χ0n) is 17.9. The van der Waals surface area contributed by atoms with Crippen LogP contribution in [0.3, 0.4) is 0 Å². The van der Waals surface area contributed by atoms with Gasteiger partial charge in [-0.1, -0.05) is 18.2 Å². The molecule has 4 rings (SSSR count). The standard InChI is InChI=1S/C23H26N6O2/c1-27(2)9-10-28(15-17-5-4-6-20(11-17)31-3)23(30)21-14-26-29-16-18(7-8-22(21)29)19-12-24-25-13-19/h4-8,11-14,16H,9-10,15H2,1-3H3,(H,24,25). The Hall–Kier alpha value is -3.65. The van der Waals surface area contributed by atoms with E-state index in [0.717, 1.165) is 34.5 Å². The van der Waals surface area contributed by atoms with Gasteiger partial charge < -0.3 is 14.5 Å². The third-order valence-corrected chi connectivity index (χ3v) is 5.19. The lowest BCUT2D eigenvalue weighted by atomic mass is 10.1. The maximum absolute atomic E-state index is 13.5. The molecule has 0 fully saturated rings. The maximum Gasteiger partial charge on any atom is 0.258 e. The number of amides is 1. The molecule has 0 radical (unpaired) electrons. The molecule has 3 aromatic heterocycles. The van der Waals surface area contributed by atoms with Gasteiger partial charge in [-0.3, -0.25) is 9.89 Å². The molecule has 31 heavy (non-hydrogen) atoms. The Kier molecular flexibility index (Phi) is 5.99. The maximum atomic E-state index is 13.5. The second kappa shape index (κ2) is 9.01. The number of benzene rings is 1. The van der Waals surface area contributed by atoms with Crippen molar-refractivity contribution in [3.63, 3.8) is 0 Å². The van der Waals surface area contributed by atoms with Crippen LogP contribution < -0.4 is 4.74 Å². The van der Waals surface area contributed by atoms with E-state index >= 15 is 0 Å². The summed E-state index contributed by atoms with van der Waals surface area (Å²) in [5, 5.41) is 11.2. The minimum Gasteiger partial charge on any atom is -0.497 e. The van der Waals surface area contributed by atoms with E-state index in [-0.39, 0.29) is 5.91 Å². The number of pyridine rings is 1. The van der Waals surface area contributed by atoms with Crippen LogP contribution in [0.5, 0.6) is 5.75 Å². The van der Waals surface area contributed by atoms with Crippen molar-refractivity contribution < 1.29 is 9.53 Å². The number of ether oxygens (including phenoxy) is 1. The molecule has 3 heterocycles. The smallest absolute Gasteiger partial charge is 0.258 e. The summed E-state index contributed by atoms with van der Waals surface area (Å²) in [4.78, 5) is 17.4. The molecule has 0 saturated heterocycles. The molecule has 0 aliphatic heterocycles. The highest BCUT2D eigenvalue weighted by Crippen LogP contribution is 2.22. The first kappa shape index (κ1) is 20.6. The third kappa shape index (κ3) is 4.59. The number of hydrogen-bond acceptors (Lipinski definition) is 5. The van der Waals surface area contributed by atoms with E-state index in [1.165, 1.54) is 0 Å². The largest absolute Gasteiger partial charge is 0.497 e. The average Bonchev–Trinajstić information content (AvgIpc) is 3.45. The van der Waals surface area contributed by atoms with Gasteiger partial charge in [0.2, 0.25) is 0 Å². The normalized spacial score (nSPS) is 11.2. The first-order valence-corrected chi connectivity index (χ1v) is 10.1. The summed E-state index contributed by atoms with van der Waals surface area (Å²) in [5.41, 5.74) is 4.32. The van der Waals surface area contributed by atoms with Crippen LogP contribution >= 0.6 is 0 Å². The lowest BCUT2D eigenvalue weighted by Gasteiger charge is -2.24. The van der Waals surface area contributed by atoms with E-state index in [1.54, 1.807) is 24.0 Å². The van der Waals surface area contributed by atoms with Gasteiger partial charge >= 0.3 is 0 Å². The molecule has 4 aromatic rings. The van der Waals surface area contributed by atoms with Gasteiger partial charge in [-0.15, -0.1) is 0 Å². The van der Waals surface area contributed by atoms with Crippen molar-refractivity contribution in [1.82, 2.24) is 29.6 Å². The number of nitrogens with one attached hydrogen (secondary N) is 1. The molecule has 8 nitrogen and oxygen atoms in total. The van der Waals surface area contributed by atoms with E-state index in [4.69, 9.17) is 4.74 Å². The SMILES string of the molecule is COc1cccc(CN(CCN(C)C)C(=O)c2cnn3cc(-c4cn[nH]c4)ccc23)c1. The number of nitrogens with zero attached hydrogens (tertiary/aromatic N) is 5. The summed E-state index contributed by atoms with van der Waals surface area (Å²) in [5.74, 6) is 0.732. The monoisotopic (exact) mass is 418 g/mol. The summed E-state index contributed by atoms with van der Waals surface area (Å²) in [6.07, 6.45) is 7.13. The fourth-order valence-electron chi connectivity index (χ4n) is 3.46. The highest BCUT2D eigenvalue weighted by Gasteiger charge is 2.21. The van der Waals surface area contributed by atoms with Gasteiger partial charge in [0.1, 0.15) is 5.75 Å². The van der Waals surface area contributed by atoms with Crippen molar-refractivity contribution in [2.45, 2.75) is 6.54 Å². The van der Waals surface area contributed by atoms with E-state index in [0.29, 0.717) is 18.7 Å². The number of aromatic nitrogens is 4. The van der Waals surface area contributed by atoms with Crippen LogP contribution in [0.1, 0.15) is 15.9 Å². The highest BCUT2D eigenvalue weighted by atomic mass is 16.5. The van der Waals surface area contributed by atoms with Crippen LogP contribution in [0.15, 0.2) is 61.2 Å². The summed E-state index contributed by atoms with van der Waals surface area (Å²) >= 11 is 0. The van der Waals surface area contributed by atoms with Crippen molar-refractivity contribution in [2.24, 2.45) is 0 Å². The van der Waals surface area contributed by atoms with Crippen molar-refractivity contribution in [1.29, 1.82) is 0 Å². The van der Waals surface area contributed by atoms with Gasteiger partial charge in [0.25, 0.3) is 5.91 Å². The second-order valence-electron chi connectivity index (χ2n) is 7.67. The van der Waals surface area contributed by atoms with Crippen molar-refractivity contribution in [3.05, 3.63) is 72.3 Å². The van der Waals surface area contributed by atoms with Gasteiger partial charge in [-0.05, 0) is 37.9 Å². The molecule has 1 amide bonds. The number of methoxy groups -OCH3 is 1. The summed E-state index contributed by atoms with van der Waals surface area (Å²) in [7, 11) is 5.65. The minimum absolute atomic E-state index is 0.0456. The van der Waals surface area contributed by atoms with Gasteiger partial charge in [-0.2, -0.15) is 10.2 Å². The van der Waals surface area contributed by atoms with Gasteiger partial charge in [0.05, 0.1) is 30.6 Å². The highest BCUT2D eigenvalue weighted by molar-refractivity contribution is 6.00. The molecule has 0 aliphatic carbocycles. The zero-order chi connectivity index (χ0) is 21.8. The van der Waals surface area contributed by atoms with Crippen LogP contribution in [0.25, 0.3) is 16.6 Å². The van der Waals surface area contributed by atoms with E-state index < -0.39 is 0 Å². The molecule has 0 atom stereocenters. The molecule has 0 aliphatic rings. The van der Waals surface area contributed by atoms with Crippen LogP contribution in [0.2, 0.25) is 0 Å². The lowest BCUT2D eigenvalue weighted by molar-refractivity contribution is 0.0734. The summed E-state index contributed by atoms with van der Waals surface area (Å²) < 4.78 is 7.08. The van der Waals surface area contributed by atoms with Crippen molar-refractivity contribution >= 4 is 11.4 Å². The third-order valence-electron chi connectivity index (χ3n) is 5.19. The Labute approximate surface area is 181 Å². The number of carbonyl (C=O) groups is 1. The number of fused-ring (bicyclic) bond motifs is 1. The Morgan fingerprint density at radius 3 is 2.74 bits per heavy atom. The minimum atomic E-state index is -0.0456. The number of H-pyrrole nitrogens is 1. The lowest BCUT2D eigenvalue weighted by Crippen LogP contribution is -2.36.